The zero-order chi connectivity index (χ0) is 13.0. The number of thiophene rings is 1. The monoisotopic (exact) mass is 325 g/mol. The lowest BCUT2D eigenvalue weighted by Gasteiger charge is -2.25. The normalized spacial score (nSPS) is 14.4. The van der Waals surface area contributed by atoms with Gasteiger partial charge in [-0.2, -0.15) is 0 Å². The van der Waals surface area contributed by atoms with Crippen LogP contribution in [0, 0.1) is 0 Å². The Morgan fingerprint density at radius 2 is 1.94 bits per heavy atom. The zero-order valence-corrected chi connectivity index (χ0v) is 12.8. The van der Waals surface area contributed by atoms with Crippen molar-refractivity contribution in [2.75, 3.05) is 14.2 Å². The van der Waals surface area contributed by atoms with Crippen LogP contribution in [-0.4, -0.2) is 14.2 Å². The van der Waals surface area contributed by atoms with E-state index >= 15 is 0 Å². The lowest BCUT2D eigenvalue weighted by Crippen LogP contribution is -2.24. The van der Waals surface area contributed by atoms with E-state index in [1.54, 1.807) is 18.4 Å². The van der Waals surface area contributed by atoms with Gasteiger partial charge in [0.05, 0.1) is 6.04 Å². The lowest BCUT2D eigenvalue weighted by molar-refractivity contribution is 0.0711. The Morgan fingerprint density at radius 1 is 1.22 bits per heavy atom. The van der Waals surface area contributed by atoms with Crippen LogP contribution >= 0.6 is 27.3 Å². The molecule has 0 aliphatic rings. The fourth-order valence-electron chi connectivity index (χ4n) is 2.05. The van der Waals surface area contributed by atoms with Crippen LogP contribution in [0.25, 0.3) is 0 Å². The molecule has 0 radical (unpaired) electrons. The van der Waals surface area contributed by atoms with Crippen molar-refractivity contribution in [1.82, 2.24) is 5.32 Å². The molecule has 0 aliphatic carbocycles. The molecule has 0 spiro atoms. The molecule has 1 aromatic heterocycles. The van der Waals surface area contributed by atoms with E-state index < -0.39 is 0 Å². The van der Waals surface area contributed by atoms with Crippen molar-refractivity contribution in [3.05, 3.63) is 56.7 Å². The Balaban J connectivity index is 2.34. The second-order valence-corrected chi connectivity index (χ2v) is 5.77. The Kier molecular flexibility index (Phi) is 4.95. The minimum atomic E-state index is 0.00569. The minimum Gasteiger partial charge on any atom is -0.375 e. The quantitative estimate of drug-likeness (QED) is 0.891. The van der Waals surface area contributed by atoms with Gasteiger partial charge in [-0.1, -0.05) is 30.3 Å². The maximum absolute atomic E-state index is 5.69. The van der Waals surface area contributed by atoms with Gasteiger partial charge in [0.2, 0.25) is 0 Å². The highest BCUT2D eigenvalue weighted by molar-refractivity contribution is 9.10. The first-order chi connectivity index (χ1) is 8.77. The molecule has 96 valence electrons. The molecule has 0 aliphatic heterocycles. The third kappa shape index (κ3) is 2.83. The Bertz CT molecular complexity index is 486. The van der Waals surface area contributed by atoms with Crippen molar-refractivity contribution in [3.63, 3.8) is 0 Å². The fourth-order valence-corrected chi connectivity index (χ4v) is 3.81. The standard InChI is InChI=1S/C14H16BrNOS/c1-16-12(14-11(15)8-9-18-14)13(17-2)10-6-4-3-5-7-10/h3-9,12-13,16H,1-2H3. The topological polar surface area (TPSA) is 21.3 Å². The van der Waals surface area contributed by atoms with Gasteiger partial charge in [0, 0.05) is 16.5 Å². The van der Waals surface area contributed by atoms with Crippen LogP contribution in [0.3, 0.4) is 0 Å². The van der Waals surface area contributed by atoms with Crippen molar-refractivity contribution in [2.45, 2.75) is 12.1 Å². The van der Waals surface area contributed by atoms with E-state index in [9.17, 15) is 0 Å². The maximum Gasteiger partial charge on any atom is 0.102 e. The average Bonchev–Trinajstić information content (AvgIpc) is 2.83. The summed E-state index contributed by atoms with van der Waals surface area (Å²) in [6.45, 7) is 0. The highest BCUT2D eigenvalue weighted by atomic mass is 79.9. The first-order valence-electron chi connectivity index (χ1n) is 5.75. The van der Waals surface area contributed by atoms with Gasteiger partial charge in [-0.15, -0.1) is 11.3 Å². The number of halogens is 1. The summed E-state index contributed by atoms with van der Waals surface area (Å²) in [7, 11) is 3.72. The second-order valence-electron chi connectivity index (χ2n) is 3.97. The number of hydrogen-bond acceptors (Lipinski definition) is 3. The van der Waals surface area contributed by atoms with E-state index in [4.69, 9.17) is 4.74 Å². The zero-order valence-electron chi connectivity index (χ0n) is 10.4. The van der Waals surface area contributed by atoms with E-state index in [0.717, 1.165) is 4.47 Å². The number of hydrogen-bond donors (Lipinski definition) is 1. The third-order valence-electron chi connectivity index (χ3n) is 2.92. The maximum atomic E-state index is 5.69. The molecule has 2 nitrogen and oxygen atoms in total. The molecule has 0 saturated heterocycles. The van der Waals surface area contributed by atoms with Gasteiger partial charge in [0.15, 0.2) is 0 Å². The summed E-state index contributed by atoms with van der Waals surface area (Å²) in [6.07, 6.45) is 0.00569. The summed E-state index contributed by atoms with van der Waals surface area (Å²) in [4.78, 5) is 1.26. The van der Waals surface area contributed by atoms with Crippen LogP contribution in [0.4, 0.5) is 0 Å². The summed E-state index contributed by atoms with van der Waals surface area (Å²) in [5.74, 6) is 0. The summed E-state index contributed by atoms with van der Waals surface area (Å²) >= 11 is 5.32. The number of likely N-dealkylation sites (N-methyl/N-ethyl adjacent to an activating group) is 1. The van der Waals surface area contributed by atoms with Crippen LogP contribution in [0.15, 0.2) is 46.3 Å². The fraction of sp³-hybridized carbons (Fsp3) is 0.286. The van der Waals surface area contributed by atoms with E-state index in [1.165, 1.54) is 10.4 Å². The Hall–Kier alpha value is -0.680. The van der Waals surface area contributed by atoms with Crippen LogP contribution in [0.5, 0.6) is 0 Å². The predicted molar refractivity (Wildman–Crippen MR) is 80.0 cm³/mol. The molecule has 18 heavy (non-hydrogen) atoms. The van der Waals surface area contributed by atoms with Gasteiger partial charge in [-0.25, -0.2) is 0 Å². The molecule has 1 N–H and O–H groups in total. The molecule has 0 fully saturated rings. The second kappa shape index (κ2) is 6.48. The van der Waals surface area contributed by atoms with Crippen molar-refractivity contribution in [1.29, 1.82) is 0 Å². The van der Waals surface area contributed by atoms with Gasteiger partial charge in [-0.05, 0) is 40.0 Å². The van der Waals surface area contributed by atoms with E-state index in [0.29, 0.717) is 0 Å². The Morgan fingerprint density at radius 3 is 2.44 bits per heavy atom. The van der Waals surface area contributed by atoms with Crippen molar-refractivity contribution in [3.8, 4) is 0 Å². The van der Waals surface area contributed by atoms with Crippen LogP contribution < -0.4 is 5.32 Å². The molecule has 0 amide bonds. The number of methoxy groups -OCH3 is 1. The third-order valence-corrected chi connectivity index (χ3v) is 4.88. The molecule has 2 atom stereocenters. The predicted octanol–water partition coefficient (Wildman–Crippen LogP) is 4.16. The molecule has 0 saturated carbocycles. The molecule has 1 aromatic carbocycles. The van der Waals surface area contributed by atoms with Crippen molar-refractivity contribution in [2.24, 2.45) is 0 Å². The summed E-state index contributed by atoms with van der Waals surface area (Å²) < 4.78 is 6.82. The van der Waals surface area contributed by atoms with E-state index in [-0.39, 0.29) is 12.1 Å². The molecular formula is C14H16BrNOS. The molecule has 2 unspecified atom stereocenters. The van der Waals surface area contributed by atoms with E-state index in [2.05, 4.69) is 44.8 Å². The van der Waals surface area contributed by atoms with Crippen molar-refractivity contribution < 1.29 is 4.74 Å². The van der Waals surface area contributed by atoms with Crippen LogP contribution in [-0.2, 0) is 4.74 Å². The highest BCUT2D eigenvalue weighted by Crippen LogP contribution is 2.37. The first-order valence-corrected chi connectivity index (χ1v) is 7.43. The molecule has 0 bridgehead atoms. The molecule has 2 rings (SSSR count). The van der Waals surface area contributed by atoms with Gasteiger partial charge in [0.1, 0.15) is 6.10 Å². The number of rotatable bonds is 5. The van der Waals surface area contributed by atoms with Gasteiger partial charge >= 0.3 is 0 Å². The summed E-state index contributed by atoms with van der Waals surface area (Å²) in [5, 5.41) is 5.43. The minimum absolute atomic E-state index is 0.00569. The molecule has 4 heteroatoms. The van der Waals surface area contributed by atoms with Gasteiger partial charge < -0.3 is 10.1 Å². The average molecular weight is 326 g/mol. The summed E-state index contributed by atoms with van der Waals surface area (Å²) in [6, 6.07) is 12.5. The smallest absolute Gasteiger partial charge is 0.102 e. The number of ether oxygens (including phenoxy) is 1. The van der Waals surface area contributed by atoms with Gasteiger partial charge in [-0.3, -0.25) is 0 Å². The Labute approximate surface area is 120 Å². The first kappa shape index (κ1) is 13.7. The van der Waals surface area contributed by atoms with Crippen LogP contribution in [0.2, 0.25) is 0 Å². The molecular weight excluding hydrogens is 310 g/mol. The van der Waals surface area contributed by atoms with Gasteiger partial charge in [0.25, 0.3) is 0 Å². The lowest BCUT2D eigenvalue weighted by atomic mass is 10.0. The molecule has 2 aromatic rings. The largest absolute Gasteiger partial charge is 0.375 e. The summed E-state index contributed by atoms with van der Waals surface area (Å²) in [5.41, 5.74) is 1.18. The van der Waals surface area contributed by atoms with Crippen molar-refractivity contribution >= 4 is 27.3 Å². The SMILES string of the molecule is CNC(c1sccc1Br)C(OC)c1ccccc1. The highest BCUT2D eigenvalue weighted by Gasteiger charge is 2.25. The van der Waals surface area contributed by atoms with E-state index in [1.807, 2.05) is 25.2 Å². The number of benzene rings is 1. The molecule has 1 heterocycles. The number of nitrogens with one attached hydrogen (secondary N) is 1. The van der Waals surface area contributed by atoms with Crippen LogP contribution in [0.1, 0.15) is 22.6 Å².